The number of fused-ring (bicyclic) bond motifs is 1. The number of nitrogens with one attached hydrogen (secondary N) is 3. The zero-order valence-electron chi connectivity index (χ0n) is 22.3. The number of hydrogen-bond donors (Lipinski definition) is 3. The molecule has 13 heteroatoms. The molecular formula is C27H33N5O8. The second-order valence-electron chi connectivity index (χ2n) is 10.0. The molecule has 3 heterocycles. The number of piperidine rings is 2. The van der Waals surface area contributed by atoms with Gasteiger partial charge in [0.05, 0.1) is 23.4 Å². The van der Waals surface area contributed by atoms with E-state index in [9.17, 15) is 33.6 Å². The predicted octanol–water partition coefficient (Wildman–Crippen LogP) is 1.32. The fourth-order valence-corrected chi connectivity index (χ4v) is 5.00. The van der Waals surface area contributed by atoms with Crippen molar-refractivity contribution in [3.05, 3.63) is 29.3 Å². The highest BCUT2D eigenvalue weighted by Gasteiger charge is 2.45. The Hall–Kier alpha value is -4.29. The molecule has 1 atom stereocenters. The van der Waals surface area contributed by atoms with Crippen LogP contribution in [0.1, 0.15) is 79.0 Å². The Morgan fingerprint density at radius 1 is 1.02 bits per heavy atom. The summed E-state index contributed by atoms with van der Waals surface area (Å²) in [7, 11) is 0. The number of anilines is 1. The summed E-state index contributed by atoms with van der Waals surface area (Å²) in [6.45, 7) is 3.27. The Bertz CT molecular complexity index is 1220. The minimum absolute atomic E-state index is 0.00120. The quantitative estimate of drug-likeness (QED) is 0.302. The molecule has 2 saturated heterocycles. The summed E-state index contributed by atoms with van der Waals surface area (Å²) in [6, 6.07) is 3.22. The van der Waals surface area contributed by atoms with Gasteiger partial charge in [0.25, 0.3) is 11.8 Å². The Morgan fingerprint density at radius 2 is 1.77 bits per heavy atom. The van der Waals surface area contributed by atoms with Crippen molar-refractivity contribution in [3.63, 3.8) is 0 Å². The molecule has 1 unspecified atom stereocenters. The molecule has 3 N–H and O–H groups in total. The average Bonchev–Trinajstić information content (AvgIpc) is 3.18. The van der Waals surface area contributed by atoms with Gasteiger partial charge in [0.2, 0.25) is 23.6 Å². The van der Waals surface area contributed by atoms with Crippen LogP contribution in [0.3, 0.4) is 0 Å². The van der Waals surface area contributed by atoms with E-state index < -0.39 is 41.7 Å². The highest BCUT2D eigenvalue weighted by atomic mass is 16.5. The molecule has 40 heavy (non-hydrogen) atoms. The van der Waals surface area contributed by atoms with Crippen LogP contribution < -0.4 is 16.0 Å². The first-order valence-electron chi connectivity index (χ1n) is 13.5. The molecule has 7 amide bonds. The van der Waals surface area contributed by atoms with Crippen molar-refractivity contribution in [3.8, 4) is 0 Å². The fourth-order valence-electron chi connectivity index (χ4n) is 5.00. The summed E-state index contributed by atoms with van der Waals surface area (Å²) >= 11 is 0. The second kappa shape index (κ2) is 12.7. The summed E-state index contributed by atoms with van der Waals surface area (Å²) < 4.78 is 5.11. The van der Waals surface area contributed by atoms with Gasteiger partial charge < -0.3 is 20.3 Å². The van der Waals surface area contributed by atoms with Crippen LogP contribution in [0.5, 0.6) is 0 Å². The monoisotopic (exact) mass is 555 g/mol. The molecule has 1 aromatic carbocycles. The summed E-state index contributed by atoms with van der Waals surface area (Å²) in [5.74, 6) is -3.30. The highest BCUT2D eigenvalue weighted by Crippen LogP contribution is 2.32. The van der Waals surface area contributed by atoms with Gasteiger partial charge in [-0.3, -0.25) is 39.0 Å². The van der Waals surface area contributed by atoms with E-state index in [1.54, 1.807) is 4.90 Å². The zero-order chi connectivity index (χ0) is 28.8. The van der Waals surface area contributed by atoms with Gasteiger partial charge in [0.1, 0.15) is 6.04 Å². The number of rotatable bonds is 9. The third kappa shape index (κ3) is 6.46. The van der Waals surface area contributed by atoms with Gasteiger partial charge in [-0.2, -0.15) is 0 Å². The van der Waals surface area contributed by atoms with Crippen molar-refractivity contribution in [1.29, 1.82) is 0 Å². The van der Waals surface area contributed by atoms with E-state index in [1.807, 2.05) is 6.92 Å². The minimum Gasteiger partial charge on any atom is -0.450 e. The highest BCUT2D eigenvalue weighted by molar-refractivity contribution is 6.26. The van der Waals surface area contributed by atoms with Gasteiger partial charge in [-0.1, -0.05) is 19.4 Å². The number of nitrogens with zero attached hydrogens (tertiary/aromatic N) is 2. The number of likely N-dealkylation sites (tertiary alicyclic amines) is 1. The van der Waals surface area contributed by atoms with Crippen molar-refractivity contribution in [2.45, 2.75) is 70.4 Å². The molecule has 0 radical (unpaired) electrons. The van der Waals surface area contributed by atoms with Gasteiger partial charge >= 0.3 is 6.09 Å². The van der Waals surface area contributed by atoms with Crippen LogP contribution in [-0.2, 0) is 23.9 Å². The average molecular weight is 556 g/mol. The van der Waals surface area contributed by atoms with E-state index in [0.29, 0.717) is 32.5 Å². The lowest BCUT2D eigenvalue weighted by atomic mass is 10.0. The van der Waals surface area contributed by atoms with Crippen LogP contribution in [-0.4, -0.2) is 83.1 Å². The number of alkyl carbamates (subject to hydrolysis) is 1. The molecule has 0 bridgehead atoms. The van der Waals surface area contributed by atoms with Gasteiger partial charge in [0.15, 0.2) is 0 Å². The van der Waals surface area contributed by atoms with Crippen LogP contribution in [0, 0.1) is 0 Å². The molecule has 1 aromatic rings. The number of carbonyl (C=O) groups excluding carboxylic acids is 7. The van der Waals surface area contributed by atoms with Crippen LogP contribution >= 0.6 is 0 Å². The molecule has 3 aliphatic rings. The van der Waals surface area contributed by atoms with E-state index in [0.717, 1.165) is 17.7 Å². The van der Waals surface area contributed by atoms with E-state index in [-0.39, 0.29) is 54.4 Å². The number of benzene rings is 1. The number of amides is 7. The molecule has 2 fully saturated rings. The Morgan fingerprint density at radius 3 is 2.48 bits per heavy atom. The third-order valence-electron chi connectivity index (χ3n) is 7.21. The number of hydrogen-bond acceptors (Lipinski definition) is 8. The van der Waals surface area contributed by atoms with Crippen molar-refractivity contribution < 1.29 is 38.3 Å². The number of ether oxygens (including phenoxy) is 1. The molecule has 0 saturated carbocycles. The summed E-state index contributed by atoms with van der Waals surface area (Å²) in [5, 5.41) is 7.57. The smallest absolute Gasteiger partial charge is 0.407 e. The lowest BCUT2D eigenvalue weighted by Crippen LogP contribution is -2.54. The first-order chi connectivity index (χ1) is 19.2. The summed E-state index contributed by atoms with van der Waals surface area (Å²) in [5.41, 5.74) is 0.134. The molecular weight excluding hydrogens is 522 g/mol. The van der Waals surface area contributed by atoms with Gasteiger partial charge in [-0.05, 0) is 37.8 Å². The normalized spacial score (nSPS) is 19.3. The molecule has 0 aromatic heterocycles. The minimum atomic E-state index is -1.11. The lowest BCUT2D eigenvalue weighted by molar-refractivity contribution is -0.136. The SMILES string of the molecule is CCCCOC(=O)NC1CCN(C(=O)CCC(=O)Nc2cccc3c2C(=O)N(C2CCC(=O)NC2=O)C3=O)CC1. The van der Waals surface area contributed by atoms with Crippen molar-refractivity contribution in [1.82, 2.24) is 20.4 Å². The molecule has 214 valence electrons. The van der Waals surface area contributed by atoms with Crippen molar-refractivity contribution >= 4 is 47.2 Å². The fraction of sp³-hybridized carbons (Fsp3) is 0.519. The molecule has 13 nitrogen and oxygen atoms in total. The lowest BCUT2D eigenvalue weighted by Gasteiger charge is -2.32. The Kier molecular flexibility index (Phi) is 9.12. The van der Waals surface area contributed by atoms with Crippen molar-refractivity contribution in [2.24, 2.45) is 0 Å². The Labute approximate surface area is 230 Å². The maximum absolute atomic E-state index is 13.2. The van der Waals surface area contributed by atoms with Crippen LogP contribution in [0.15, 0.2) is 18.2 Å². The Balaban J connectivity index is 1.27. The largest absolute Gasteiger partial charge is 0.450 e. The maximum Gasteiger partial charge on any atom is 0.407 e. The topological polar surface area (TPSA) is 171 Å². The van der Waals surface area contributed by atoms with E-state index >= 15 is 0 Å². The van der Waals surface area contributed by atoms with Gasteiger partial charge in [-0.15, -0.1) is 0 Å². The van der Waals surface area contributed by atoms with Gasteiger partial charge in [-0.25, -0.2) is 4.79 Å². The first-order valence-corrected chi connectivity index (χ1v) is 13.5. The molecule has 0 aliphatic carbocycles. The zero-order valence-corrected chi connectivity index (χ0v) is 22.3. The number of carbonyl (C=O) groups is 7. The molecule has 3 aliphatic heterocycles. The molecule has 4 rings (SSSR count). The van der Waals surface area contributed by atoms with Crippen LogP contribution in [0.2, 0.25) is 0 Å². The summed E-state index contributed by atoms with van der Waals surface area (Å²) in [4.78, 5) is 89.5. The maximum atomic E-state index is 13.2. The van der Waals surface area contributed by atoms with Crippen molar-refractivity contribution in [2.75, 3.05) is 25.0 Å². The van der Waals surface area contributed by atoms with E-state index in [1.165, 1.54) is 18.2 Å². The second-order valence-corrected chi connectivity index (χ2v) is 10.0. The predicted molar refractivity (Wildman–Crippen MR) is 140 cm³/mol. The third-order valence-corrected chi connectivity index (χ3v) is 7.21. The van der Waals surface area contributed by atoms with E-state index in [4.69, 9.17) is 4.74 Å². The van der Waals surface area contributed by atoms with E-state index in [2.05, 4.69) is 16.0 Å². The number of imide groups is 2. The summed E-state index contributed by atoms with van der Waals surface area (Å²) in [6.07, 6.45) is 2.28. The van der Waals surface area contributed by atoms with Crippen LogP contribution in [0.4, 0.5) is 10.5 Å². The van der Waals surface area contributed by atoms with Gasteiger partial charge in [0, 0.05) is 38.4 Å². The number of unbranched alkanes of at least 4 members (excludes halogenated alkanes) is 1. The molecule has 0 spiro atoms. The van der Waals surface area contributed by atoms with Crippen LogP contribution in [0.25, 0.3) is 0 Å². The first kappa shape index (κ1) is 28.7. The standard InChI is InChI=1S/C27H33N5O8/c1-2-3-15-40-27(39)28-16-11-13-31(14-12-16)22(35)10-9-20(33)29-18-6-4-5-17-23(18)26(38)32(25(17)37)19-7-8-21(34)30-24(19)36/h4-6,16,19H,2-3,7-15H2,1H3,(H,28,39)(H,29,33)(H,30,34,36).